The number of carbonyl (C=O) groups is 2. The summed E-state index contributed by atoms with van der Waals surface area (Å²) in [6.07, 6.45) is 5.73. The number of hydrogen-bond donors (Lipinski definition) is 1. The quantitative estimate of drug-likeness (QED) is 0.257. The molecule has 1 aliphatic rings. The zero-order chi connectivity index (χ0) is 25.7. The summed E-state index contributed by atoms with van der Waals surface area (Å²) < 4.78 is 26.8. The van der Waals surface area contributed by atoms with Crippen molar-refractivity contribution < 1.29 is 28.6 Å². The summed E-state index contributed by atoms with van der Waals surface area (Å²) in [6.45, 7) is 5.41. The Hall–Kier alpha value is -4.14. The van der Waals surface area contributed by atoms with Crippen molar-refractivity contribution in [1.29, 1.82) is 0 Å². The van der Waals surface area contributed by atoms with Crippen molar-refractivity contribution in [2.24, 2.45) is 0 Å². The van der Waals surface area contributed by atoms with Gasteiger partial charge in [-0.2, -0.15) is 0 Å². The Morgan fingerprint density at radius 2 is 1.75 bits per heavy atom. The van der Waals surface area contributed by atoms with Crippen molar-refractivity contribution in [3.63, 3.8) is 0 Å². The number of hydrogen-bond acceptors (Lipinski definition) is 6. The lowest BCUT2D eigenvalue weighted by molar-refractivity contribution is -0.139. The van der Waals surface area contributed by atoms with Gasteiger partial charge in [0.2, 0.25) is 0 Å². The molecule has 1 fully saturated rings. The van der Waals surface area contributed by atoms with E-state index in [1.165, 1.54) is 29.2 Å². The number of aliphatic hydroxyl groups excluding tert-OH is 1. The number of likely N-dealkylation sites (tertiary alicyclic amines) is 1. The monoisotopic (exact) mass is 493 g/mol. The van der Waals surface area contributed by atoms with Gasteiger partial charge in [0.05, 0.1) is 31.2 Å². The highest BCUT2D eigenvalue weighted by Gasteiger charge is 2.46. The maximum atomic E-state index is 13.5. The minimum Gasteiger partial charge on any atom is -0.507 e. The molecule has 9 heteroatoms. The predicted molar refractivity (Wildman–Crippen MR) is 131 cm³/mol. The van der Waals surface area contributed by atoms with Crippen LogP contribution in [-0.4, -0.2) is 51.0 Å². The first-order chi connectivity index (χ1) is 17.4. The largest absolute Gasteiger partial charge is 0.507 e. The van der Waals surface area contributed by atoms with Crippen LogP contribution in [0.2, 0.25) is 0 Å². The molecule has 1 aromatic heterocycles. The zero-order valence-corrected chi connectivity index (χ0v) is 20.2. The van der Waals surface area contributed by atoms with Crippen molar-refractivity contribution in [2.45, 2.75) is 32.9 Å². The summed E-state index contributed by atoms with van der Waals surface area (Å²) >= 11 is 0. The van der Waals surface area contributed by atoms with Gasteiger partial charge < -0.3 is 24.0 Å². The molecule has 0 saturated carbocycles. The number of amides is 1. The smallest absolute Gasteiger partial charge is 0.295 e. The van der Waals surface area contributed by atoms with Gasteiger partial charge in [-0.25, -0.2) is 9.37 Å². The first-order valence-corrected chi connectivity index (χ1v) is 11.8. The number of halogens is 1. The van der Waals surface area contributed by atoms with E-state index < -0.39 is 23.5 Å². The van der Waals surface area contributed by atoms with Crippen LogP contribution in [0.5, 0.6) is 11.5 Å². The maximum Gasteiger partial charge on any atom is 0.295 e. The van der Waals surface area contributed by atoms with Crippen LogP contribution in [0, 0.1) is 5.82 Å². The molecule has 0 unspecified atom stereocenters. The summed E-state index contributed by atoms with van der Waals surface area (Å²) in [4.78, 5) is 31.8. The highest BCUT2D eigenvalue weighted by molar-refractivity contribution is 6.46. The molecule has 2 aromatic carbocycles. The lowest BCUT2D eigenvalue weighted by Gasteiger charge is -2.26. The summed E-state index contributed by atoms with van der Waals surface area (Å²) in [7, 11) is 0. The number of nitrogens with zero attached hydrogens (tertiary/aromatic N) is 3. The number of ketones is 1. The molecule has 1 aliphatic heterocycles. The Labute approximate surface area is 208 Å². The highest BCUT2D eigenvalue weighted by Crippen LogP contribution is 2.42. The molecule has 1 amide bonds. The number of aryl methyl sites for hydroxylation is 1. The van der Waals surface area contributed by atoms with E-state index in [4.69, 9.17) is 9.47 Å². The van der Waals surface area contributed by atoms with Crippen LogP contribution in [-0.2, 0) is 16.1 Å². The molecule has 3 aromatic rings. The lowest BCUT2D eigenvalue weighted by Crippen LogP contribution is -2.31. The van der Waals surface area contributed by atoms with E-state index in [2.05, 4.69) is 4.98 Å². The molecule has 8 nitrogen and oxygen atoms in total. The van der Waals surface area contributed by atoms with Crippen LogP contribution in [0.15, 0.2) is 66.8 Å². The van der Waals surface area contributed by atoms with Gasteiger partial charge in [-0.3, -0.25) is 9.59 Å². The van der Waals surface area contributed by atoms with Crippen molar-refractivity contribution in [2.75, 3.05) is 19.8 Å². The molecule has 0 radical (unpaired) electrons. The molecule has 188 valence electrons. The van der Waals surface area contributed by atoms with Gasteiger partial charge >= 0.3 is 0 Å². The summed E-state index contributed by atoms with van der Waals surface area (Å²) in [6, 6.07) is 9.48. The third-order valence-electron chi connectivity index (χ3n) is 5.92. The number of benzene rings is 2. The van der Waals surface area contributed by atoms with Gasteiger partial charge in [0, 0.05) is 31.0 Å². The Balaban J connectivity index is 1.77. The SMILES string of the molecule is CCOc1ccc([C@@H]2/C(=C(\O)c3ccc(F)cc3)C(=O)C(=O)N2CCCn2ccnc2)cc1OCC. The average Bonchev–Trinajstić information content (AvgIpc) is 3.48. The topological polar surface area (TPSA) is 93.9 Å². The molecule has 1 N–H and O–H groups in total. The van der Waals surface area contributed by atoms with Crippen LogP contribution >= 0.6 is 0 Å². The number of ether oxygens (including phenoxy) is 2. The van der Waals surface area contributed by atoms with Gasteiger partial charge in [0.15, 0.2) is 11.5 Å². The van der Waals surface area contributed by atoms with Crippen LogP contribution in [0.3, 0.4) is 0 Å². The molecular weight excluding hydrogens is 465 g/mol. The Morgan fingerprint density at radius 3 is 2.42 bits per heavy atom. The molecule has 36 heavy (non-hydrogen) atoms. The first-order valence-electron chi connectivity index (χ1n) is 11.8. The fourth-order valence-electron chi connectivity index (χ4n) is 4.30. The Morgan fingerprint density at radius 1 is 1.03 bits per heavy atom. The third kappa shape index (κ3) is 5.10. The molecule has 2 heterocycles. The van der Waals surface area contributed by atoms with E-state index in [1.807, 2.05) is 24.6 Å². The van der Waals surface area contributed by atoms with Gasteiger partial charge in [-0.05, 0) is 62.2 Å². The average molecular weight is 494 g/mol. The zero-order valence-electron chi connectivity index (χ0n) is 20.2. The van der Waals surface area contributed by atoms with Crippen LogP contribution in [0.4, 0.5) is 4.39 Å². The number of Topliss-reactive ketones (excluding diaryl/α,β-unsaturated/α-hetero) is 1. The molecule has 0 spiro atoms. The summed E-state index contributed by atoms with van der Waals surface area (Å²) in [5.41, 5.74) is 0.780. The second-order valence-corrected chi connectivity index (χ2v) is 8.23. The second kappa shape index (κ2) is 11.1. The van der Waals surface area contributed by atoms with Gasteiger partial charge in [-0.1, -0.05) is 6.07 Å². The van der Waals surface area contributed by atoms with E-state index in [9.17, 15) is 19.1 Å². The number of aliphatic hydroxyl groups is 1. The van der Waals surface area contributed by atoms with Crippen LogP contribution in [0.1, 0.15) is 37.4 Å². The van der Waals surface area contributed by atoms with E-state index in [1.54, 1.807) is 30.7 Å². The molecule has 4 rings (SSSR count). The molecule has 0 bridgehead atoms. The second-order valence-electron chi connectivity index (χ2n) is 8.23. The molecule has 0 aliphatic carbocycles. The normalized spacial score (nSPS) is 17.0. The maximum absolute atomic E-state index is 13.5. The first kappa shape index (κ1) is 25.0. The van der Waals surface area contributed by atoms with E-state index in [0.29, 0.717) is 43.2 Å². The number of rotatable bonds is 10. The minimum absolute atomic E-state index is 0.0548. The molecule has 1 atom stereocenters. The third-order valence-corrected chi connectivity index (χ3v) is 5.92. The fraction of sp³-hybridized carbons (Fsp3) is 0.296. The number of carbonyl (C=O) groups excluding carboxylic acids is 2. The van der Waals surface area contributed by atoms with Crippen LogP contribution < -0.4 is 9.47 Å². The van der Waals surface area contributed by atoms with Crippen molar-refractivity contribution in [1.82, 2.24) is 14.5 Å². The standard InChI is InChI=1S/C27H28FN3O5/c1-3-35-21-11-8-19(16-22(21)36-4-2)24-23(25(32)18-6-9-20(28)10-7-18)26(33)27(34)31(24)14-5-13-30-15-12-29-17-30/h6-12,15-17,24,32H,3-5,13-14H2,1-2H3/b25-23+/t24-/m1/s1. The molecule has 1 saturated heterocycles. The number of imidazole rings is 1. The van der Waals surface area contributed by atoms with Crippen LogP contribution in [0.25, 0.3) is 5.76 Å². The van der Waals surface area contributed by atoms with Gasteiger partial charge in [0.25, 0.3) is 11.7 Å². The molecular formula is C27H28FN3O5. The summed E-state index contributed by atoms with van der Waals surface area (Å²) in [5.74, 6) is -1.32. The van der Waals surface area contributed by atoms with E-state index >= 15 is 0 Å². The predicted octanol–water partition coefficient (Wildman–Crippen LogP) is 4.33. The minimum atomic E-state index is -0.854. The van der Waals surface area contributed by atoms with Crippen molar-refractivity contribution in [3.8, 4) is 11.5 Å². The van der Waals surface area contributed by atoms with Crippen molar-refractivity contribution in [3.05, 3.63) is 83.7 Å². The number of aromatic nitrogens is 2. The summed E-state index contributed by atoms with van der Waals surface area (Å²) in [5, 5.41) is 11.1. The Kier molecular flexibility index (Phi) is 7.68. The van der Waals surface area contributed by atoms with Gasteiger partial charge in [-0.15, -0.1) is 0 Å². The van der Waals surface area contributed by atoms with E-state index in [0.717, 1.165) is 0 Å². The van der Waals surface area contributed by atoms with Gasteiger partial charge in [0.1, 0.15) is 11.6 Å². The highest BCUT2D eigenvalue weighted by atomic mass is 19.1. The lowest BCUT2D eigenvalue weighted by atomic mass is 9.95. The Bertz CT molecular complexity index is 1250. The van der Waals surface area contributed by atoms with Crippen molar-refractivity contribution >= 4 is 17.4 Å². The fourth-order valence-corrected chi connectivity index (χ4v) is 4.30. The van der Waals surface area contributed by atoms with E-state index in [-0.39, 0.29) is 23.4 Å².